The van der Waals surface area contributed by atoms with Crippen LogP contribution in [0.25, 0.3) is 0 Å². The van der Waals surface area contributed by atoms with Crippen molar-refractivity contribution in [2.24, 2.45) is 5.92 Å². The van der Waals surface area contributed by atoms with E-state index in [-0.39, 0.29) is 10.9 Å². The van der Waals surface area contributed by atoms with Crippen LogP contribution in [0.1, 0.15) is 33.1 Å². The van der Waals surface area contributed by atoms with Crippen LogP contribution in [0.3, 0.4) is 0 Å². The predicted octanol–water partition coefficient (Wildman–Crippen LogP) is 3.09. The van der Waals surface area contributed by atoms with E-state index in [1.807, 2.05) is 13.8 Å². The average molecular weight is 376 g/mol. The Hall–Kier alpha value is -0.660. The lowest BCUT2D eigenvalue weighted by molar-refractivity contribution is 0.357. The summed E-state index contributed by atoms with van der Waals surface area (Å²) in [4.78, 5) is 4.46. The molecule has 2 rings (SSSR count). The van der Waals surface area contributed by atoms with Gasteiger partial charge in [0.1, 0.15) is 10.7 Å². The lowest BCUT2D eigenvalue weighted by Gasteiger charge is -2.25. The number of sulfonamides is 1. The van der Waals surface area contributed by atoms with Gasteiger partial charge >= 0.3 is 0 Å². The Bertz CT molecular complexity index is 602. The SMILES string of the molecule is CCCNc1ncc(Br)cc1S(=O)(=O)N(C)C(C)C1CC1. The summed E-state index contributed by atoms with van der Waals surface area (Å²) in [5.41, 5.74) is 0. The van der Waals surface area contributed by atoms with Gasteiger partial charge in [0.15, 0.2) is 0 Å². The maximum atomic E-state index is 12.9. The minimum Gasteiger partial charge on any atom is -0.369 e. The molecule has 1 saturated carbocycles. The van der Waals surface area contributed by atoms with E-state index in [9.17, 15) is 8.42 Å². The summed E-state index contributed by atoms with van der Waals surface area (Å²) in [6.45, 7) is 4.69. The monoisotopic (exact) mass is 375 g/mol. The quantitative estimate of drug-likeness (QED) is 0.795. The average Bonchev–Trinajstić information content (AvgIpc) is 3.28. The minimum atomic E-state index is -3.55. The molecule has 21 heavy (non-hydrogen) atoms. The number of aromatic nitrogens is 1. The van der Waals surface area contributed by atoms with Crippen LogP contribution in [0.4, 0.5) is 5.82 Å². The van der Waals surface area contributed by atoms with Crippen molar-refractivity contribution in [3.8, 4) is 0 Å². The zero-order valence-electron chi connectivity index (χ0n) is 12.6. The Kier molecular flexibility index (Phi) is 5.27. The molecule has 1 N–H and O–H groups in total. The van der Waals surface area contributed by atoms with Crippen LogP contribution >= 0.6 is 15.9 Å². The Balaban J connectivity index is 2.35. The molecule has 0 aromatic carbocycles. The van der Waals surface area contributed by atoms with Gasteiger partial charge in [0.05, 0.1) is 0 Å². The first-order chi connectivity index (χ1) is 9.87. The van der Waals surface area contributed by atoms with Crippen molar-refractivity contribution in [3.05, 3.63) is 16.7 Å². The summed E-state index contributed by atoms with van der Waals surface area (Å²) < 4.78 is 27.9. The van der Waals surface area contributed by atoms with Crippen molar-refractivity contribution in [3.63, 3.8) is 0 Å². The summed E-state index contributed by atoms with van der Waals surface area (Å²) in [5, 5.41) is 3.10. The number of hydrogen-bond acceptors (Lipinski definition) is 4. The molecule has 1 aliphatic carbocycles. The molecule has 1 atom stereocenters. The van der Waals surface area contributed by atoms with E-state index in [0.29, 0.717) is 22.8 Å². The zero-order chi connectivity index (χ0) is 15.6. The van der Waals surface area contributed by atoms with Gasteiger partial charge in [-0.25, -0.2) is 13.4 Å². The molecule has 0 aliphatic heterocycles. The summed E-state index contributed by atoms with van der Waals surface area (Å²) in [5.74, 6) is 0.909. The van der Waals surface area contributed by atoms with Crippen LogP contribution in [0, 0.1) is 5.92 Å². The Labute approximate surface area is 135 Å². The molecule has 118 valence electrons. The van der Waals surface area contributed by atoms with Crippen LogP contribution in [0.2, 0.25) is 0 Å². The lowest BCUT2D eigenvalue weighted by atomic mass is 10.2. The predicted molar refractivity (Wildman–Crippen MR) is 87.9 cm³/mol. The van der Waals surface area contributed by atoms with E-state index in [0.717, 1.165) is 19.3 Å². The topological polar surface area (TPSA) is 62.3 Å². The first kappa shape index (κ1) is 16.7. The second-order valence-corrected chi connectivity index (χ2v) is 8.41. The maximum absolute atomic E-state index is 12.9. The van der Waals surface area contributed by atoms with E-state index >= 15 is 0 Å². The van der Waals surface area contributed by atoms with Gasteiger partial charge in [-0.15, -0.1) is 0 Å². The van der Waals surface area contributed by atoms with E-state index in [4.69, 9.17) is 0 Å². The first-order valence-corrected chi connectivity index (χ1v) is 9.48. The maximum Gasteiger partial charge on any atom is 0.246 e. The molecule has 1 aromatic rings. The number of hydrogen-bond donors (Lipinski definition) is 1. The van der Waals surface area contributed by atoms with E-state index in [2.05, 4.69) is 26.2 Å². The minimum absolute atomic E-state index is 0.0213. The zero-order valence-corrected chi connectivity index (χ0v) is 15.0. The van der Waals surface area contributed by atoms with E-state index in [1.54, 1.807) is 19.3 Å². The summed E-state index contributed by atoms with van der Waals surface area (Å²) in [6.07, 6.45) is 4.74. The molecule has 5 nitrogen and oxygen atoms in total. The van der Waals surface area contributed by atoms with Crippen molar-refractivity contribution in [2.45, 2.75) is 44.0 Å². The number of rotatable bonds is 7. The third-order valence-electron chi connectivity index (χ3n) is 3.90. The fourth-order valence-electron chi connectivity index (χ4n) is 2.24. The third-order valence-corrected chi connectivity index (χ3v) is 6.29. The molecule has 0 amide bonds. The molecule has 0 saturated heterocycles. The highest BCUT2D eigenvalue weighted by atomic mass is 79.9. The summed E-state index contributed by atoms with van der Waals surface area (Å²) >= 11 is 3.31. The van der Waals surface area contributed by atoms with Crippen molar-refractivity contribution in [1.82, 2.24) is 9.29 Å². The normalized spacial score (nSPS) is 17.0. The van der Waals surface area contributed by atoms with Crippen LogP contribution in [-0.2, 0) is 10.0 Å². The van der Waals surface area contributed by atoms with E-state index in [1.165, 1.54) is 4.31 Å². The molecular weight excluding hydrogens is 354 g/mol. The van der Waals surface area contributed by atoms with Gasteiger partial charge in [0.25, 0.3) is 0 Å². The highest BCUT2D eigenvalue weighted by molar-refractivity contribution is 9.10. The van der Waals surface area contributed by atoms with Gasteiger partial charge in [0, 0.05) is 30.3 Å². The summed E-state index contributed by atoms with van der Waals surface area (Å²) in [7, 11) is -1.89. The van der Waals surface area contributed by atoms with Gasteiger partial charge in [-0.3, -0.25) is 0 Å². The number of anilines is 1. The largest absolute Gasteiger partial charge is 0.369 e. The van der Waals surface area contributed by atoms with Crippen molar-refractivity contribution < 1.29 is 8.42 Å². The van der Waals surface area contributed by atoms with Crippen LogP contribution in [0.15, 0.2) is 21.6 Å². The van der Waals surface area contributed by atoms with E-state index < -0.39 is 10.0 Å². The first-order valence-electron chi connectivity index (χ1n) is 7.25. The van der Waals surface area contributed by atoms with Crippen molar-refractivity contribution in [1.29, 1.82) is 0 Å². The molecule has 1 aromatic heterocycles. The van der Waals surface area contributed by atoms with Crippen molar-refractivity contribution >= 4 is 31.8 Å². The molecule has 1 unspecified atom stereocenters. The highest BCUT2D eigenvalue weighted by Crippen LogP contribution is 2.37. The molecule has 1 aliphatic rings. The van der Waals surface area contributed by atoms with Crippen LogP contribution in [0.5, 0.6) is 0 Å². The lowest BCUT2D eigenvalue weighted by Crippen LogP contribution is -2.36. The standard InChI is InChI=1S/C14H22BrN3O2S/c1-4-7-16-14-13(8-12(15)9-17-14)21(19,20)18(3)10(2)11-5-6-11/h8-11H,4-7H2,1-3H3,(H,16,17). The molecule has 1 fully saturated rings. The number of nitrogens with zero attached hydrogens (tertiary/aromatic N) is 2. The number of halogens is 1. The van der Waals surface area contributed by atoms with Gasteiger partial charge in [-0.05, 0) is 54.1 Å². The van der Waals surface area contributed by atoms with Crippen LogP contribution < -0.4 is 5.32 Å². The smallest absolute Gasteiger partial charge is 0.246 e. The Morgan fingerprint density at radius 3 is 2.76 bits per heavy atom. The number of nitrogens with one attached hydrogen (secondary N) is 1. The second kappa shape index (κ2) is 6.62. The fraction of sp³-hybridized carbons (Fsp3) is 0.643. The molecule has 1 heterocycles. The van der Waals surface area contributed by atoms with Gasteiger partial charge in [-0.1, -0.05) is 6.92 Å². The second-order valence-electron chi connectivity index (χ2n) is 5.53. The molecular formula is C14H22BrN3O2S. The molecule has 7 heteroatoms. The molecule has 0 spiro atoms. The van der Waals surface area contributed by atoms with Gasteiger partial charge in [-0.2, -0.15) is 4.31 Å². The third kappa shape index (κ3) is 3.76. The molecule has 0 radical (unpaired) electrons. The number of pyridine rings is 1. The van der Waals surface area contributed by atoms with Gasteiger partial charge in [0.2, 0.25) is 10.0 Å². The van der Waals surface area contributed by atoms with Crippen LogP contribution in [-0.4, -0.2) is 37.3 Å². The van der Waals surface area contributed by atoms with Gasteiger partial charge < -0.3 is 5.32 Å². The molecule has 0 bridgehead atoms. The summed E-state index contributed by atoms with van der Waals surface area (Å²) in [6, 6.07) is 1.64. The van der Waals surface area contributed by atoms with Crippen molar-refractivity contribution in [2.75, 3.05) is 18.9 Å². The Morgan fingerprint density at radius 2 is 2.19 bits per heavy atom. The fourth-order valence-corrected chi connectivity index (χ4v) is 4.29. The Morgan fingerprint density at radius 1 is 1.52 bits per heavy atom. The highest BCUT2D eigenvalue weighted by Gasteiger charge is 2.37.